The molecule has 0 radical (unpaired) electrons. The van der Waals surface area contributed by atoms with Crippen molar-refractivity contribution >= 4 is 11.4 Å². The van der Waals surface area contributed by atoms with Crippen molar-refractivity contribution < 1.29 is 0 Å². The van der Waals surface area contributed by atoms with Gasteiger partial charge in [-0.2, -0.15) is 0 Å². The van der Waals surface area contributed by atoms with Gasteiger partial charge in [0.25, 0.3) is 0 Å². The van der Waals surface area contributed by atoms with Gasteiger partial charge in [0.05, 0.1) is 5.71 Å². The molecule has 7 aromatic rings. The summed E-state index contributed by atoms with van der Waals surface area (Å²) in [5.41, 5.74) is 14.6. The SMILES string of the molecule is C1=C(c2ccccc2)NC(c2cc(-c3ccccc3)cc(-c3cccc(-c4cccc(-c5cccnc5)c4)c3)c2)N=C1c1ccccc1. The van der Waals surface area contributed by atoms with Crippen molar-refractivity contribution in [1.29, 1.82) is 0 Å². The number of benzene rings is 6. The van der Waals surface area contributed by atoms with Crippen LogP contribution in [-0.2, 0) is 0 Å². The molecule has 0 aliphatic carbocycles. The van der Waals surface area contributed by atoms with Gasteiger partial charge in [0, 0.05) is 23.7 Å². The van der Waals surface area contributed by atoms with E-state index in [0.29, 0.717) is 0 Å². The monoisotopic (exact) mass is 615 g/mol. The summed E-state index contributed by atoms with van der Waals surface area (Å²) in [4.78, 5) is 9.62. The molecule has 1 aliphatic heterocycles. The Morgan fingerprint density at radius 3 is 1.48 bits per heavy atom. The van der Waals surface area contributed by atoms with Crippen LogP contribution in [0.15, 0.2) is 193 Å². The van der Waals surface area contributed by atoms with Gasteiger partial charge < -0.3 is 5.32 Å². The molecule has 0 spiro atoms. The lowest BCUT2D eigenvalue weighted by molar-refractivity contribution is 0.664. The summed E-state index contributed by atoms with van der Waals surface area (Å²) < 4.78 is 0. The van der Waals surface area contributed by atoms with Crippen molar-refractivity contribution in [2.24, 2.45) is 4.99 Å². The van der Waals surface area contributed by atoms with Crippen molar-refractivity contribution in [3.63, 3.8) is 0 Å². The summed E-state index contributed by atoms with van der Waals surface area (Å²) >= 11 is 0. The van der Waals surface area contributed by atoms with Crippen LogP contribution in [0.2, 0.25) is 0 Å². The molecular weight excluding hydrogens is 583 g/mol. The number of rotatable bonds is 7. The number of allylic oxidation sites excluding steroid dienone is 1. The lowest BCUT2D eigenvalue weighted by Gasteiger charge is -2.26. The Bertz CT molecular complexity index is 2240. The van der Waals surface area contributed by atoms with Crippen LogP contribution in [0.4, 0.5) is 0 Å². The summed E-state index contributed by atoms with van der Waals surface area (Å²) in [5, 5.41) is 3.77. The molecule has 6 aromatic carbocycles. The maximum Gasteiger partial charge on any atom is 0.145 e. The summed E-state index contributed by atoms with van der Waals surface area (Å²) in [7, 11) is 0. The first kappa shape index (κ1) is 29.1. The van der Waals surface area contributed by atoms with E-state index in [4.69, 9.17) is 4.99 Å². The molecular formula is C45H33N3. The highest BCUT2D eigenvalue weighted by molar-refractivity contribution is 6.13. The van der Waals surface area contributed by atoms with Gasteiger partial charge in [0.2, 0.25) is 0 Å². The van der Waals surface area contributed by atoms with E-state index in [2.05, 4.69) is 174 Å². The second-order valence-corrected chi connectivity index (χ2v) is 12.0. The van der Waals surface area contributed by atoms with Crippen molar-refractivity contribution in [2.75, 3.05) is 0 Å². The Kier molecular flexibility index (Phi) is 8.00. The van der Waals surface area contributed by atoms with Crippen molar-refractivity contribution in [3.05, 3.63) is 205 Å². The second-order valence-electron chi connectivity index (χ2n) is 12.0. The molecule has 3 heteroatoms. The summed E-state index contributed by atoms with van der Waals surface area (Å²) in [5.74, 6) is 0. The molecule has 0 saturated heterocycles. The fraction of sp³-hybridized carbons (Fsp3) is 0.0222. The molecule has 3 nitrogen and oxygen atoms in total. The maximum atomic E-state index is 5.30. The van der Waals surface area contributed by atoms with Gasteiger partial charge in [-0.1, -0.05) is 133 Å². The van der Waals surface area contributed by atoms with Crippen LogP contribution in [0.25, 0.3) is 50.2 Å². The zero-order valence-corrected chi connectivity index (χ0v) is 26.4. The smallest absolute Gasteiger partial charge is 0.145 e. The number of pyridine rings is 1. The first-order chi connectivity index (χ1) is 23.8. The van der Waals surface area contributed by atoms with Crippen LogP contribution in [-0.4, -0.2) is 10.7 Å². The lowest BCUT2D eigenvalue weighted by Crippen LogP contribution is -2.25. The summed E-state index contributed by atoms with van der Waals surface area (Å²) in [6.07, 6.45) is 5.60. The van der Waals surface area contributed by atoms with Crippen molar-refractivity contribution in [1.82, 2.24) is 10.3 Å². The van der Waals surface area contributed by atoms with Crippen LogP contribution in [0.3, 0.4) is 0 Å². The van der Waals surface area contributed by atoms with Crippen LogP contribution in [0, 0.1) is 0 Å². The summed E-state index contributed by atoms with van der Waals surface area (Å²) in [6.45, 7) is 0. The Labute approximate surface area is 281 Å². The van der Waals surface area contributed by atoms with E-state index in [9.17, 15) is 0 Å². The molecule has 8 rings (SSSR count). The predicted molar refractivity (Wildman–Crippen MR) is 199 cm³/mol. The maximum absolute atomic E-state index is 5.30. The Balaban J connectivity index is 1.23. The molecule has 0 saturated carbocycles. The molecule has 1 aliphatic rings. The molecule has 1 aromatic heterocycles. The second kappa shape index (κ2) is 13.2. The number of aromatic nitrogens is 1. The first-order valence-electron chi connectivity index (χ1n) is 16.3. The average Bonchev–Trinajstić information content (AvgIpc) is 3.19. The predicted octanol–water partition coefficient (Wildman–Crippen LogP) is 10.9. The van der Waals surface area contributed by atoms with E-state index in [1.54, 1.807) is 0 Å². The van der Waals surface area contributed by atoms with Crippen molar-refractivity contribution in [3.8, 4) is 44.5 Å². The normalized spacial score (nSPS) is 14.0. The highest BCUT2D eigenvalue weighted by Gasteiger charge is 2.21. The van der Waals surface area contributed by atoms with E-state index in [0.717, 1.165) is 55.9 Å². The molecule has 1 unspecified atom stereocenters. The number of nitrogens with one attached hydrogen (secondary N) is 1. The Morgan fingerprint density at radius 2 is 0.875 bits per heavy atom. The van der Waals surface area contributed by atoms with Crippen LogP contribution < -0.4 is 5.32 Å². The van der Waals surface area contributed by atoms with Gasteiger partial charge in [-0.25, -0.2) is 0 Å². The van der Waals surface area contributed by atoms with Crippen LogP contribution >= 0.6 is 0 Å². The zero-order chi connectivity index (χ0) is 32.1. The molecule has 0 fully saturated rings. The quantitative estimate of drug-likeness (QED) is 0.194. The number of hydrogen-bond acceptors (Lipinski definition) is 3. The minimum absolute atomic E-state index is 0.276. The van der Waals surface area contributed by atoms with Gasteiger partial charge in [0.15, 0.2) is 0 Å². The van der Waals surface area contributed by atoms with Gasteiger partial charge in [-0.05, 0) is 98.1 Å². The molecule has 48 heavy (non-hydrogen) atoms. The minimum atomic E-state index is -0.276. The third-order valence-electron chi connectivity index (χ3n) is 8.76. The molecule has 1 N–H and O–H groups in total. The van der Waals surface area contributed by atoms with E-state index in [1.807, 2.05) is 24.5 Å². The van der Waals surface area contributed by atoms with E-state index in [1.165, 1.54) is 16.7 Å². The van der Waals surface area contributed by atoms with E-state index < -0.39 is 0 Å². The largest absolute Gasteiger partial charge is 0.360 e. The number of nitrogens with zero attached hydrogens (tertiary/aromatic N) is 2. The first-order valence-corrected chi connectivity index (χ1v) is 16.3. The molecule has 0 bridgehead atoms. The number of aliphatic imine (C=N–C) groups is 1. The molecule has 0 amide bonds. The van der Waals surface area contributed by atoms with Gasteiger partial charge in [0.1, 0.15) is 6.17 Å². The zero-order valence-electron chi connectivity index (χ0n) is 26.4. The van der Waals surface area contributed by atoms with Crippen LogP contribution in [0.5, 0.6) is 0 Å². The van der Waals surface area contributed by atoms with Crippen molar-refractivity contribution in [2.45, 2.75) is 6.17 Å². The standard InChI is InChI=1S/C45H33N3/c1-4-13-32(14-5-1)40-27-41(38-22-11-20-36(26-38)35-19-10-21-37(25-35)39-23-12-24-46-31-39)29-42(28-40)45-47-43(33-15-6-2-7-16-33)30-44(48-45)34-17-8-3-9-18-34/h1-31,45,47H. The third kappa shape index (κ3) is 6.22. The van der Waals surface area contributed by atoms with E-state index >= 15 is 0 Å². The molecule has 1 atom stereocenters. The fourth-order valence-corrected chi connectivity index (χ4v) is 6.31. The third-order valence-corrected chi connectivity index (χ3v) is 8.76. The fourth-order valence-electron chi connectivity index (χ4n) is 6.31. The highest BCUT2D eigenvalue weighted by atomic mass is 15.1. The molecule has 2 heterocycles. The minimum Gasteiger partial charge on any atom is -0.360 e. The molecule has 228 valence electrons. The van der Waals surface area contributed by atoms with Gasteiger partial charge in [-0.15, -0.1) is 0 Å². The van der Waals surface area contributed by atoms with Gasteiger partial charge >= 0.3 is 0 Å². The Morgan fingerprint density at radius 1 is 0.396 bits per heavy atom. The summed E-state index contributed by atoms with van der Waals surface area (Å²) in [6, 6.07) is 60.0. The van der Waals surface area contributed by atoms with E-state index in [-0.39, 0.29) is 6.17 Å². The number of hydrogen-bond donors (Lipinski definition) is 1. The van der Waals surface area contributed by atoms with Gasteiger partial charge in [-0.3, -0.25) is 9.98 Å². The lowest BCUT2D eigenvalue weighted by atomic mass is 9.92. The average molecular weight is 616 g/mol. The Hall–Kier alpha value is -6.32. The highest BCUT2D eigenvalue weighted by Crippen LogP contribution is 2.35. The van der Waals surface area contributed by atoms with Crippen LogP contribution in [0.1, 0.15) is 22.9 Å². The topological polar surface area (TPSA) is 37.3 Å².